The Morgan fingerprint density at radius 2 is 1.62 bits per heavy atom. The summed E-state index contributed by atoms with van der Waals surface area (Å²) in [7, 11) is 0. The molecule has 1 N–H and O–H groups in total. The van der Waals surface area contributed by atoms with Gasteiger partial charge in [0.15, 0.2) is 5.82 Å². The molecule has 118 valence electrons. The van der Waals surface area contributed by atoms with E-state index in [2.05, 4.69) is 10.4 Å². The third kappa shape index (κ3) is 3.50. The second-order valence-corrected chi connectivity index (χ2v) is 5.30. The third-order valence-corrected chi connectivity index (χ3v) is 3.65. The first kappa shape index (κ1) is 15.5. The first-order chi connectivity index (χ1) is 11.8. The van der Waals surface area contributed by atoms with E-state index in [4.69, 9.17) is 5.26 Å². The number of nitriles is 1. The van der Waals surface area contributed by atoms with Crippen molar-refractivity contribution in [1.29, 1.82) is 5.26 Å². The van der Waals surface area contributed by atoms with Crippen LogP contribution in [0.4, 0.5) is 5.82 Å². The molecule has 3 aromatic rings. The number of carbonyl (C=O) groups excluding carboxylic acids is 1. The Hall–Kier alpha value is -3.39. The Morgan fingerprint density at radius 1 is 1.04 bits per heavy atom. The molecule has 0 saturated heterocycles. The number of nitrogens with zero attached hydrogens (tertiary/aromatic N) is 3. The van der Waals surface area contributed by atoms with Crippen LogP contribution in [0.5, 0.6) is 0 Å². The van der Waals surface area contributed by atoms with Crippen LogP contribution >= 0.6 is 0 Å². The zero-order valence-electron chi connectivity index (χ0n) is 13.0. The fourth-order valence-electron chi connectivity index (χ4n) is 2.57. The predicted molar refractivity (Wildman–Crippen MR) is 91.2 cm³/mol. The van der Waals surface area contributed by atoms with Gasteiger partial charge in [-0.15, -0.1) is 0 Å². The lowest BCUT2D eigenvalue weighted by molar-refractivity contribution is -0.116. The monoisotopic (exact) mass is 316 g/mol. The van der Waals surface area contributed by atoms with Gasteiger partial charge in [0.2, 0.25) is 5.91 Å². The normalized spacial score (nSPS) is 10.3. The van der Waals surface area contributed by atoms with Gasteiger partial charge >= 0.3 is 0 Å². The van der Waals surface area contributed by atoms with Crippen LogP contribution in [0.2, 0.25) is 0 Å². The molecule has 1 aromatic heterocycles. The number of carbonyl (C=O) groups is 1. The Balaban J connectivity index is 1.88. The highest BCUT2D eigenvalue weighted by Crippen LogP contribution is 2.25. The summed E-state index contributed by atoms with van der Waals surface area (Å²) < 4.78 is 1.48. The molecule has 24 heavy (non-hydrogen) atoms. The summed E-state index contributed by atoms with van der Waals surface area (Å²) >= 11 is 0. The Kier molecular flexibility index (Phi) is 4.68. The molecule has 0 saturated carbocycles. The average molecular weight is 316 g/mol. The van der Waals surface area contributed by atoms with E-state index in [0.717, 1.165) is 11.1 Å². The van der Waals surface area contributed by atoms with Crippen LogP contribution in [0.15, 0.2) is 72.9 Å². The number of amides is 1. The maximum atomic E-state index is 12.9. The molecular weight excluding hydrogens is 300 g/mol. The molecule has 1 amide bonds. The zero-order chi connectivity index (χ0) is 16.8. The number of benzene rings is 2. The molecule has 2 aromatic carbocycles. The van der Waals surface area contributed by atoms with Gasteiger partial charge in [0.05, 0.1) is 12.0 Å². The Labute approximate surface area is 140 Å². The van der Waals surface area contributed by atoms with Crippen LogP contribution in [-0.4, -0.2) is 15.7 Å². The minimum atomic E-state index is -0.423. The molecule has 0 atom stereocenters. The zero-order valence-corrected chi connectivity index (χ0v) is 13.0. The van der Waals surface area contributed by atoms with Gasteiger partial charge < -0.3 is 5.32 Å². The molecule has 0 spiro atoms. The van der Waals surface area contributed by atoms with Gasteiger partial charge in [0, 0.05) is 12.3 Å². The van der Waals surface area contributed by atoms with Crippen LogP contribution in [0.1, 0.15) is 17.0 Å². The highest BCUT2D eigenvalue weighted by molar-refractivity contribution is 5.97. The number of nitrogens with one attached hydrogen (secondary N) is 1. The van der Waals surface area contributed by atoms with E-state index in [1.165, 1.54) is 4.68 Å². The van der Waals surface area contributed by atoms with Crippen molar-refractivity contribution in [3.8, 4) is 6.07 Å². The van der Waals surface area contributed by atoms with Crippen LogP contribution < -0.4 is 5.32 Å². The molecule has 5 heteroatoms. The molecule has 0 unspecified atom stereocenters. The molecular formula is C19H16N4O. The summed E-state index contributed by atoms with van der Waals surface area (Å²) in [5.41, 5.74) is 1.83. The molecule has 5 nitrogen and oxygen atoms in total. The van der Waals surface area contributed by atoms with Crippen molar-refractivity contribution < 1.29 is 4.79 Å². The smallest absolute Gasteiger partial charge is 0.237 e. The largest absolute Gasteiger partial charge is 0.308 e. The quantitative estimate of drug-likeness (QED) is 0.786. The van der Waals surface area contributed by atoms with Gasteiger partial charge in [-0.2, -0.15) is 10.4 Å². The van der Waals surface area contributed by atoms with Crippen molar-refractivity contribution in [1.82, 2.24) is 9.78 Å². The van der Waals surface area contributed by atoms with E-state index in [1.807, 2.05) is 66.7 Å². The standard InChI is InChI=1S/C19H16N4O/c20-12-14-23-13-11-17(22-23)21-19(24)18(15-7-3-1-4-8-15)16-9-5-2-6-10-16/h1-11,13,18H,14H2,(H,21,22,24). The molecule has 3 rings (SSSR count). The van der Waals surface area contributed by atoms with Gasteiger partial charge in [-0.3, -0.25) is 9.48 Å². The number of aromatic nitrogens is 2. The predicted octanol–water partition coefficient (Wildman–Crippen LogP) is 3.18. The first-order valence-corrected chi connectivity index (χ1v) is 7.59. The van der Waals surface area contributed by atoms with Crippen molar-refractivity contribution in [2.75, 3.05) is 5.32 Å². The molecule has 0 fully saturated rings. The van der Waals surface area contributed by atoms with Gasteiger partial charge in [-0.25, -0.2) is 0 Å². The van der Waals surface area contributed by atoms with E-state index in [0.29, 0.717) is 5.82 Å². The summed E-state index contributed by atoms with van der Waals surface area (Å²) in [6.07, 6.45) is 1.67. The fourth-order valence-corrected chi connectivity index (χ4v) is 2.57. The Bertz CT molecular complexity index is 810. The topological polar surface area (TPSA) is 70.7 Å². The van der Waals surface area contributed by atoms with Crippen molar-refractivity contribution in [2.45, 2.75) is 12.5 Å². The summed E-state index contributed by atoms with van der Waals surface area (Å²) in [5.74, 6) is -0.143. The highest BCUT2D eigenvalue weighted by Gasteiger charge is 2.23. The summed E-state index contributed by atoms with van der Waals surface area (Å²) in [4.78, 5) is 12.9. The lowest BCUT2D eigenvalue weighted by Crippen LogP contribution is -2.22. The second-order valence-electron chi connectivity index (χ2n) is 5.30. The lowest BCUT2D eigenvalue weighted by Gasteiger charge is -2.17. The SMILES string of the molecule is N#CCn1ccc(NC(=O)C(c2ccccc2)c2ccccc2)n1. The van der Waals surface area contributed by atoms with E-state index < -0.39 is 5.92 Å². The van der Waals surface area contributed by atoms with Crippen molar-refractivity contribution >= 4 is 11.7 Å². The summed E-state index contributed by atoms with van der Waals surface area (Å²) in [5, 5.41) is 15.7. The van der Waals surface area contributed by atoms with Gasteiger partial charge in [0.1, 0.15) is 6.54 Å². The average Bonchev–Trinajstić information content (AvgIpc) is 3.04. The van der Waals surface area contributed by atoms with E-state index in [-0.39, 0.29) is 12.5 Å². The van der Waals surface area contributed by atoms with Crippen molar-refractivity contribution in [3.05, 3.63) is 84.1 Å². The third-order valence-electron chi connectivity index (χ3n) is 3.65. The molecule has 0 aliphatic rings. The van der Waals surface area contributed by atoms with E-state index in [9.17, 15) is 4.79 Å². The first-order valence-electron chi connectivity index (χ1n) is 7.59. The Morgan fingerprint density at radius 3 is 2.17 bits per heavy atom. The molecule has 0 radical (unpaired) electrons. The van der Waals surface area contributed by atoms with Gasteiger partial charge in [0.25, 0.3) is 0 Å². The maximum Gasteiger partial charge on any atom is 0.237 e. The highest BCUT2D eigenvalue weighted by atomic mass is 16.2. The van der Waals surface area contributed by atoms with Crippen LogP contribution in [0.3, 0.4) is 0 Å². The van der Waals surface area contributed by atoms with Crippen LogP contribution in [0, 0.1) is 11.3 Å². The summed E-state index contributed by atoms with van der Waals surface area (Å²) in [6.45, 7) is 0.149. The maximum absolute atomic E-state index is 12.9. The van der Waals surface area contributed by atoms with Crippen molar-refractivity contribution in [3.63, 3.8) is 0 Å². The number of rotatable bonds is 5. The molecule has 0 aliphatic heterocycles. The van der Waals surface area contributed by atoms with E-state index >= 15 is 0 Å². The van der Waals surface area contributed by atoms with Crippen molar-refractivity contribution in [2.24, 2.45) is 0 Å². The molecule has 1 heterocycles. The van der Waals surface area contributed by atoms with E-state index in [1.54, 1.807) is 12.3 Å². The minimum absolute atomic E-state index is 0.149. The fraction of sp³-hybridized carbons (Fsp3) is 0.105. The number of anilines is 1. The summed E-state index contributed by atoms with van der Waals surface area (Å²) in [6, 6.07) is 23.0. The number of hydrogen-bond donors (Lipinski definition) is 1. The van der Waals surface area contributed by atoms with Crippen LogP contribution in [0.25, 0.3) is 0 Å². The molecule has 0 bridgehead atoms. The van der Waals surface area contributed by atoms with Gasteiger partial charge in [-0.05, 0) is 11.1 Å². The lowest BCUT2D eigenvalue weighted by atomic mass is 9.90. The second kappa shape index (κ2) is 7.25. The van der Waals surface area contributed by atoms with Gasteiger partial charge in [-0.1, -0.05) is 60.7 Å². The molecule has 0 aliphatic carbocycles. The van der Waals surface area contributed by atoms with Crippen LogP contribution in [-0.2, 0) is 11.3 Å². The minimum Gasteiger partial charge on any atom is -0.308 e. The number of hydrogen-bond acceptors (Lipinski definition) is 3.